The molecular formula is C13H12N4O3. The van der Waals surface area contributed by atoms with Crippen molar-refractivity contribution in [2.75, 3.05) is 5.32 Å². The van der Waals surface area contributed by atoms with Crippen molar-refractivity contribution in [1.82, 2.24) is 4.98 Å². The highest BCUT2D eigenvalue weighted by Gasteiger charge is 2.13. The minimum absolute atomic E-state index is 0.141. The molecule has 0 spiro atoms. The number of rotatable bonds is 4. The third kappa shape index (κ3) is 2.96. The Bertz CT molecular complexity index is 658. The molecule has 20 heavy (non-hydrogen) atoms. The molecule has 0 aliphatic heterocycles. The smallest absolute Gasteiger partial charge is 0.270 e. The van der Waals surface area contributed by atoms with Gasteiger partial charge in [0.2, 0.25) is 0 Å². The number of hydrogen-bond acceptors (Lipinski definition) is 5. The normalized spacial score (nSPS) is 10.1. The average Bonchev–Trinajstić information content (AvgIpc) is 2.48. The number of amides is 1. The Morgan fingerprint density at radius 2 is 2.15 bits per heavy atom. The van der Waals surface area contributed by atoms with Gasteiger partial charge in [0.15, 0.2) is 0 Å². The zero-order valence-corrected chi connectivity index (χ0v) is 10.4. The fourth-order valence-electron chi connectivity index (χ4n) is 1.66. The second-order valence-corrected chi connectivity index (χ2v) is 3.98. The summed E-state index contributed by atoms with van der Waals surface area (Å²) in [5, 5.41) is 13.3. The lowest BCUT2D eigenvalue weighted by Crippen LogP contribution is -2.15. The van der Waals surface area contributed by atoms with Gasteiger partial charge in [-0.05, 0) is 12.1 Å². The predicted octanol–water partition coefficient (Wildman–Crippen LogP) is 1.70. The van der Waals surface area contributed by atoms with Crippen LogP contribution in [0, 0.1) is 10.1 Å². The van der Waals surface area contributed by atoms with E-state index in [1.807, 2.05) is 0 Å². The van der Waals surface area contributed by atoms with Gasteiger partial charge in [-0.1, -0.05) is 12.1 Å². The fourth-order valence-corrected chi connectivity index (χ4v) is 1.66. The zero-order valence-electron chi connectivity index (χ0n) is 10.4. The van der Waals surface area contributed by atoms with Crippen LogP contribution in [0.2, 0.25) is 0 Å². The van der Waals surface area contributed by atoms with E-state index in [0.29, 0.717) is 11.4 Å². The third-order valence-electron chi connectivity index (χ3n) is 2.66. The lowest BCUT2D eigenvalue weighted by atomic mass is 10.2. The van der Waals surface area contributed by atoms with Gasteiger partial charge >= 0.3 is 0 Å². The molecule has 0 radical (unpaired) electrons. The number of nitro benzene ring substituents is 1. The van der Waals surface area contributed by atoms with Crippen molar-refractivity contribution in [2.45, 2.75) is 6.54 Å². The average molecular weight is 272 g/mol. The summed E-state index contributed by atoms with van der Waals surface area (Å²) < 4.78 is 0. The molecular weight excluding hydrogens is 260 g/mol. The Balaban J connectivity index is 2.24. The van der Waals surface area contributed by atoms with Crippen LogP contribution in [0.15, 0.2) is 42.6 Å². The number of non-ortho nitro benzene ring substituents is 1. The number of benzene rings is 1. The molecule has 102 valence electrons. The Labute approximate surface area is 114 Å². The summed E-state index contributed by atoms with van der Waals surface area (Å²) in [6.07, 6.45) is 1.53. The van der Waals surface area contributed by atoms with Crippen LogP contribution in [0.4, 0.5) is 11.5 Å². The number of pyridine rings is 1. The number of nitrogens with one attached hydrogen (secondary N) is 1. The van der Waals surface area contributed by atoms with Gasteiger partial charge in [0.25, 0.3) is 11.6 Å². The predicted molar refractivity (Wildman–Crippen MR) is 73.2 cm³/mol. The van der Waals surface area contributed by atoms with Crippen molar-refractivity contribution < 1.29 is 9.72 Å². The molecule has 1 aromatic carbocycles. The topological polar surface area (TPSA) is 111 Å². The van der Waals surface area contributed by atoms with Gasteiger partial charge in [-0.15, -0.1) is 0 Å². The van der Waals surface area contributed by atoms with E-state index < -0.39 is 10.8 Å². The number of nitrogens with two attached hydrogens (primary N) is 1. The highest BCUT2D eigenvalue weighted by molar-refractivity contribution is 6.04. The summed E-state index contributed by atoms with van der Waals surface area (Å²) in [6.45, 7) is 0.235. The number of nitrogens with zero attached hydrogens (tertiary/aromatic N) is 2. The minimum Gasteiger partial charge on any atom is -0.326 e. The Kier molecular flexibility index (Phi) is 4.02. The lowest BCUT2D eigenvalue weighted by Gasteiger charge is -2.08. The maximum Gasteiger partial charge on any atom is 0.270 e. The summed E-state index contributed by atoms with van der Waals surface area (Å²) in [7, 11) is 0. The Morgan fingerprint density at radius 1 is 1.35 bits per heavy atom. The van der Waals surface area contributed by atoms with E-state index in [1.54, 1.807) is 12.1 Å². The molecule has 0 aliphatic rings. The molecule has 0 aliphatic carbocycles. The molecule has 2 rings (SSSR count). The van der Waals surface area contributed by atoms with Gasteiger partial charge < -0.3 is 11.1 Å². The second-order valence-electron chi connectivity index (χ2n) is 3.98. The number of aromatic nitrogens is 1. The van der Waals surface area contributed by atoms with Gasteiger partial charge in [-0.3, -0.25) is 14.9 Å². The van der Waals surface area contributed by atoms with Crippen LogP contribution < -0.4 is 11.1 Å². The highest BCUT2D eigenvalue weighted by Crippen LogP contribution is 2.16. The van der Waals surface area contributed by atoms with Crippen molar-refractivity contribution >= 4 is 17.4 Å². The first-order valence-electron chi connectivity index (χ1n) is 5.81. The van der Waals surface area contributed by atoms with E-state index >= 15 is 0 Å². The summed E-state index contributed by atoms with van der Waals surface area (Å²) in [5.41, 5.74) is 6.28. The first-order valence-corrected chi connectivity index (χ1v) is 5.81. The van der Waals surface area contributed by atoms with Crippen LogP contribution in [-0.2, 0) is 6.54 Å². The van der Waals surface area contributed by atoms with E-state index in [1.165, 1.54) is 30.5 Å². The van der Waals surface area contributed by atoms with Crippen molar-refractivity contribution in [3.63, 3.8) is 0 Å². The molecule has 1 aromatic heterocycles. The monoisotopic (exact) mass is 272 g/mol. The lowest BCUT2D eigenvalue weighted by molar-refractivity contribution is -0.384. The summed E-state index contributed by atoms with van der Waals surface area (Å²) in [6, 6.07) is 8.94. The SMILES string of the molecule is NCc1cccnc1NC(=O)c1cccc([N+](=O)[O-])c1. The largest absolute Gasteiger partial charge is 0.326 e. The van der Waals surface area contributed by atoms with Gasteiger partial charge in [-0.2, -0.15) is 0 Å². The molecule has 0 saturated carbocycles. The summed E-state index contributed by atoms with van der Waals surface area (Å²) >= 11 is 0. The molecule has 3 N–H and O–H groups in total. The number of anilines is 1. The van der Waals surface area contributed by atoms with E-state index in [0.717, 1.165) is 0 Å². The van der Waals surface area contributed by atoms with Crippen LogP contribution >= 0.6 is 0 Å². The maximum atomic E-state index is 12.0. The molecule has 2 aromatic rings. The summed E-state index contributed by atoms with van der Waals surface area (Å²) in [4.78, 5) is 26.2. The summed E-state index contributed by atoms with van der Waals surface area (Å²) in [5.74, 6) is -0.117. The van der Waals surface area contributed by atoms with Gasteiger partial charge in [0, 0.05) is 36.0 Å². The molecule has 0 bridgehead atoms. The van der Waals surface area contributed by atoms with Crippen LogP contribution in [0.5, 0.6) is 0 Å². The van der Waals surface area contributed by atoms with Gasteiger partial charge in [0.1, 0.15) is 5.82 Å². The molecule has 0 saturated heterocycles. The van der Waals surface area contributed by atoms with Crippen LogP contribution in [0.1, 0.15) is 15.9 Å². The molecule has 0 atom stereocenters. The van der Waals surface area contributed by atoms with E-state index in [2.05, 4.69) is 10.3 Å². The number of carbonyl (C=O) groups excluding carboxylic acids is 1. The molecule has 0 unspecified atom stereocenters. The number of hydrogen-bond donors (Lipinski definition) is 2. The standard InChI is InChI=1S/C13H12N4O3/c14-8-10-4-2-6-15-12(10)16-13(18)9-3-1-5-11(7-9)17(19)20/h1-7H,8,14H2,(H,15,16,18). The van der Waals surface area contributed by atoms with Crippen LogP contribution in [0.25, 0.3) is 0 Å². The number of carbonyl (C=O) groups is 1. The van der Waals surface area contributed by atoms with Crippen molar-refractivity contribution in [1.29, 1.82) is 0 Å². The molecule has 7 heteroatoms. The quantitative estimate of drug-likeness (QED) is 0.650. The van der Waals surface area contributed by atoms with Crippen molar-refractivity contribution in [3.8, 4) is 0 Å². The van der Waals surface area contributed by atoms with Crippen LogP contribution in [-0.4, -0.2) is 15.8 Å². The molecule has 1 heterocycles. The fraction of sp³-hybridized carbons (Fsp3) is 0.0769. The van der Waals surface area contributed by atoms with Crippen molar-refractivity contribution in [2.24, 2.45) is 5.73 Å². The first-order chi connectivity index (χ1) is 9.61. The van der Waals surface area contributed by atoms with E-state index in [-0.39, 0.29) is 17.8 Å². The first kappa shape index (κ1) is 13.6. The van der Waals surface area contributed by atoms with Crippen LogP contribution in [0.3, 0.4) is 0 Å². The highest BCUT2D eigenvalue weighted by atomic mass is 16.6. The Hall–Kier alpha value is -2.80. The molecule has 1 amide bonds. The molecule has 7 nitrogen and oxygen atoms in total. The second kappa shape index (κ2) is 5.89. The Morgan fingerprint density at radius 3 is 2.85 bits per heavy atom. The maximum absolute atomic E-state index is 12.0. The van der Waals surface area contributed by atoms with E-state index in [9.17, 15) is 14.9 Å². The molecule has 0 fully saturated rings. The minimum atomic E-state index is -0.553. The zero-order chi connectivity index (χ0) is 14.5. The number of nitro groups is 1. The van der Waals surface area contributed by atoms with E-state index in [4.69, 9.17) is 5.73 Å². The van der Waals surface area contributed by atoms with Gasteiger partial charge in [0.05, 0.1) is 4.92 Å². The van der Waals surface area contributed by atoms with Gasteiger partial charge in [-0.25, -0.2) is 4.98 Å². The third-order valence-corrected chi connectivity index (χ3v) is 2.66. The van der Waals surface area contributed by atoms with Crippen molar-refractivity contribution in [3.05, 3.63) is 63.8 Å².